The van der Waals surface area contributed by atoms with Gasteiger partial charge in [-0.2, -0.15) is 4.98 Å². The summed E-state index contributed by atoms with van der Waals surface area (Å²) < 4.78 is 16.2. The molecule has 1 saturated heterocycles. The highest BCUT2D eigenvalue weighted by atomic mass is 16.5. The van der Waals surface area contributed by atoms with E-state index in [9.17, 15) is 4.79 Å². The molecule has 0 saturated carbocycles. The molecule has 128 valence electrons. The highest BCUT2D eigenvalue weighted by molar-refractivity contribution is 5.92. The molecule has 1 aromatic carbocycles. The first-order valence-electron chi connectivity index (χ1n) is 7.92. The van der Waals surface area contributed by atoms with Crippen LogP contribution in [0.2, 0.25) is 0 Å². The standard InChI is InChI=1S/C17H16N4O4/c1-11-18-16(25-20-11)14-10-23-8-7-21(14)17(22)13-9-24-15(19-13)12-5-3-2-4-6-12/h2-6,9,14H,7-8,10H2,1H3/t14-/m0/s1. The van der Waals surface area contributed by atoms with Crippen molar-refractivity contribution in [3.63, 3.8) is 0 Å². The lowest BCUT2D eigenvalue weighted by Crippen LogP contribution is -2.43. The minimum absolute atomic E-state index is 0.238. The first-order valence-corrected chi connectivity index (χ1v) is 7.92. The molecule has 0 aliphatic carbocycles. The molecule has 1 aliphatic heterocycles. The number of rotatable bonds is 3. The van der Waals surface area contributed by atoms with Crippen LogP contribution < -0.4 is 0 Å². The maximum atomic E-state index is 12.9. The van der Waals surface area contributed by atoms with Gasteiger partial charge in [0.05, 0.1) is 13.2 Å². The number of carbonyl (C=O) groups is 1. The quantitative estimate of drug-likeness (QED) is 0.721. The zero-order valence-corrected chi connectivity index (χ0v) is 13.6. The fourth-order valence-electron chi connectivity index (χ4n) is 2.73. The van der Waals surface area contributed by atoms with Gasteiger partial charge in [0.1, 0.15) is 12.3 Å². The SMILES string of the molecule is Cc1noc([C@@H]2COCCN2C(=O)c2coc(-c3ccccc3)n2)n1. The van der Waals surface area contributed by atoms with Crippen LogP contribution in [0.1, 0.15) is 28.2 Å². The second-order valence-electron chi connectivity index (χ2n) is 5.67. The Hall–Kier alpha value is -3.00. The first-order chi connectivity index (χ1) is 12.2. The number of aryl methyl sites for hydroxylation is 1. The molecule has 3 aromatic rings. The minimum Gasteiger partial charge on any atom is -0.444 e. The summed E-state index contributed by atoms with van der Waals surface area (Å²) in [5, 5.41) is 3.79. The van der Waals surface area contributed by atoms with Crippen LogP contribution in [0.5, 0.6) is 0 Å². The number of amides is 1. The third-order valence-corrected chi connectivity index (χ3v) is 3.96. The highest BCUT2D eigenvalue weighted by Gasteiger charge is 2.34. The van der Waals surface area contributed by atoms with Gasteiger partial charge in [-0.15, -0.1) is 0 Å². The van der Waals surface area contributed by atoms with Gasteiger partial charge in [0.25, 0.3) is 11.8 Å². The summed E-state index contributed by atoms with van der Waals surface area (Å²) in [6, 6.07) is 8.99. The van der Waals surface area contributed by atoms with E-state index in [1.54, 1.807) is 11.8 Å². The Bertz CT molecular complexity index is 874. The maximum Gasteiger partial charge on any atom is 0.276 e. The van der Waals surface area contributed by atoms with Gasteiger partial charge in [-0.25, -0.2) is 4.98 Å². The number of hydrogen-bond acceptors (Lipinski definition) is 7. The Labute approximate surface area is 143 Å². The van der Waals surface area contributed by atoms with Crippen molar-refractivity contribution in [2.45, 2.75) is 13.0 Å². The Balaban J connectivity index is 1.60. The number of hydrogen-bond donors (Lipinski definition) is 0. The fourth-order valence-corrected chi connectivity index (χ4v) is 2.73. The molecule has 0 bridgehead atoms. The van der Waals surface area contributed by atoms with Crippen LogP contribution >= 0.6 is 0 Å². The summed E-state index contributed by atoms with van der Waals surface area (Å²) in [4.78, 5) is 23.1. The largest absolute Gasteiger partial charge is 0.444 e. The Morgan fingerprint density at radius 1 is 1.24 bits per heavy atom. The van der Waals surface area contributed by atoms with E-state index in [4.69, 9.17) is 13.7 Å². The van der Waals surface area contributed by atoms with Crippen molar-refractivity contribution >= 4 is 5.91 Å². The minimum atomic E-state index is -0.431. The Kier molecular flexibility index (Phi) is 4.02. The lowest BCUT2D eigenvalue weighted by atomic mass is 10.2. The van der Waals surface area contributed by atoms with Crippen molar-refractivity contribution in [3.05, 3.63) is 54.0 Å². The zero-order valence-electron chi connectivity index (χ0n) is 13.6. The van der Waals surface area contributed by atoms with E-state index >= 15 is 0 Å². The van der Waals surface area contributed by atoms with Crippen LogP contribution in [-0.2, 0) is 4.74 Å². The van der Waals surface area contributed by atoms with Crippen molar-refractivity contribution in [2.24, 2.45) is 0 Å². The van der Waals surface area contributed by atoms with Gasteiger partial charge in [-0.3, -0.25) is 4.79 Å². The van der Waals surface area contributed by atoms with Crippen LogP contribution in [0, 0.1) is 6.92 Å². The number of oxazole rings is 1. The average molecular weight is 340 g/mol. The summed E-state index contributed by atoms with van der Waals surface area (Å²) in [6.07, 6.45) is 1.37. The average Bonchev–Trinajstić information content (AvgIpc) is 3.31. The number of morpholine rings is 1. The Morgan fingerprint density at radius 3 is 2.84 bits per heavy atom. The lowest BCUT2D eigenvalue weighted by Gasteiger charge is -2.32. The number of nitrogens with zero attached hydrogens (tertiary/aromatic N) is 4. The van der Waals surface area contributed by atoms with Gasteiger partial charge in [0.15, 0.2) is 11.5 Å². The maximum absolute atomic E-state index is 12.9. The van der Waals surface area contributed by atoms with E-state index in [0.717, 1.165) is 5.56 Å². The molecule has 3 heterocycles. The van der Waals surface area contributed by atoms with Crippen molar-refractivity contribution in [2.75, 3.05) is 19.8 Å². The molecule has 1 amide bonds. The second kappa shape index (κ2) is 6.48. The van der Waals surface area contributed by atoms with E-state index in [1.165, 1.54) is 6.26 Å². The van der Waals surface area contributed by atoms with E-state index < -0.39 is 6.04 Å². The van der Waals surface area contributed by atoms with Crippen LogP contribution in [0.3, 0.4) is 0 Å². The zero-order chi connectivity index (χ0) is 17.2. The van der Waals surface area contributed by atoms with Gasteiger partial charge in [-0.05, 0) is 19.1 Å². The number of aromatic nitrogens is 3. The van der Waals surface area contributed by atoms with E-state index in [-0.39, 0.29) is 11.6 Å². The third kappa shape index (κ3) is 3.03. The van der Waals surface area contributed by atoms with Crippen molar-refractivity contribution in [1.29, 1.82) is 0 Å². The molecule has 8 heteroatoms. The molecular weight excluding hydrogens is 324 g/mol. The van der Waals surface area contributed by atoms with E-state index in [1.807, 2.05) is 30.3 Å². The number of carbonyl (C=O) groups excluding carboxylic acids is 1. The fraction of sp³-hybridized carbons (Fsp3) is 0.294. The normalized spacial score (nSPS) is 17.6. The summed E-state index contributed by atoms with van der Waals surface area (Å²) in [5.41, 5.74) is 1.05. The first kappa shape index (κ1) is 15.5. The molecular formula is C17H16N4O4. The molecule has 25 heavy (non-hydrogen) atoms. The van der Waals surface area contributed by atoms with Gasteiger partial charge < -0.3 is 18.6 Å². The van der Waals surface area contributed by atoms with Crippen LogP contribution in [0.25, 0.3) is 11.5 Å². The van der Waals surface area contributed by atoms with Crippen molar-refractivity contribution < 1.29 is 18.5 Å². The van der Waals surface area contributed by atoms with Crippen molar-refractivity contribution in [1.82, 2.24) is 20.0 Å². The molecule has 0 N–H and O–H groups in total. The monoisotopic (exact) mass is 340 g/mol. The van der Waals surface area contributed by atoms with Crippen LogP contribution in [0.4, 0.5) is 0 Å². The third-order valence-electron chi connectivity index (χ3n) is 3.96. The molecule has 2 aromatic heterocycles. The van der Waals surface area contributed by atoms with E-state index in [0.29, 0.717) is 37.4 Å². The summed E-state index contributed by atoms with van der Waals surface area (Å²) in [5.74, 6) is 1.02. The molecule has 1 aliphatic rings. The van der Waals surface area contributed by atoms with Crippen LogP contribution in [-0.4, -0.2) is 45.7 Å². The van der Waals surface area contributed by atoms with E-state index in [2.05, 4.69) is 15.1 Å². The van der Waals surface area contributed by atoms with Crippen LogP contribution in [0.15, 0.2) is 45.5 Å². The highest BCUT2D eigenvalue weighted by Crippen LogP contribution is 2.26. The molecule has 0 radical (unpaired) electrons. The second-order valence-corrected chi connectivity index (χ2v) is 5.67. The van der Waals surface area contributed by atoms with Crippen molar-refractivity contribution in [3.8, 4) is 11.5 Å². The topological polar surface area (TPSA) is 94.5 Å². The van der Waals surface area contributed by atoms with Gasteiger partial charge in [0.2, 0.25) is 5.89 Å². The molecule has 0 spiro atoms. The van der Waals surface area contributed by atoms with Gasteiger partial charge >= 0.3 is 0 Å². The molecule has 4 rings (SSSR count). The Morgan fingerprint density at radius 2 is 2.08 bits per heavy atom. The predicted octanol–water partition coefficient (Wildman–Crippen LogP) is 2.25. The molecule has 8 nitrogen and oxygen atoms in total. The molecule has 0 unspecified atom stereocenters. The summed E-state index contributed by atoms with van der Waals surface area (Å²) >= 11 is 0. The number of ether oxygens (including phenoxy) is 1. The smallest absolute Gasteiger partial charge is 0.276 e. The predicted molar refractivity (Wildman–Crippen MR) is 85.6 cm³/mol. The summed E-state index contributed by atoms with van der Waals surface area (Å²) in [7, 11) is 0. The summed E-state index contributed by atoms with van der Waals surface area (Å²) in [6.45, 7) is 2.89. The molecule has 1 fully saturated rings. The van der Waals surface area contributed by atoms with Gasteiger partial charge in [-0.1, -0.05) is 23.4 Å². The van der Waals surface area contributed by atoms with Gasteiger partial charge in [0, 0.05) is 12.1 Å². The number of benzene rings is 1. The molecule has 1 atom stereocenters. The lowest BCUT2D eigenvalue weighted by molar-refractivity contribution is -0.0122.